The van der Waals surface area contributed by atoms with Gasteiger partial charge in [-0.2, -0.15) is 8.42 Å². The van der Waals surface area contributed by atoms with Gasteiger partial charge in [-0.15, -0.1) is 0 Å². The average molecular weight is 234 g/mol. The van der Waals surface area contributed by atoms with Crippen molar-refractivity contribution in [1.82, 2.24) is 0 Å². The summed E-state index contributed by atoms with van der Waals surface area (Å²) in [6, 6.07) is 5.99. The van der Waals surface area contributed by atoms with Crippen LogP contribution in [0.2, 0.25) is 0 Å². The van der Waals surface area contributed by atoms with Crippen LogP contribution in [0.15, 0.2) is 29.2 Å². The van der Waals surface area contributed by atoms with E-state index in [0.717, 1.165) is 5.56 Å². The first-order valence-electron chi connectivity index (χ1n) is 3.69. The van der Waals surface area contributed by atoms with E-state index in [2.05, 4.69) is 0 Å². The Morgan fingerprint density at radius 1 is 1.13 bits per heavy atom. The quantitative estimate of drug-likeness (QED) is 0.634. The number of aryl methyl sites for hydroxylation is 1. The number of hydrogen-bond donors (Lipinski definition) is 3. The van der Waals surface area contributed by atoms with Gasteiger partial charge in [0.25, 0.3) is 10.1 Å². The molecule has 15 heavy (non-hydrogen) atoms. The zero-order chi connectivity index (χ0) is 12.1. The number of carboxylic acid groups (broad SMARTS) is 2. The maximum absolute atomic E-state index is 10.5. The summed E-state index contributed by atoms with van der Waals surface area (Å²) >= 11 is 0. The fourth-order valence-electron chi connectivity index (χ4n) is 0.710. The van der Waals surface area contributed by atoms with Gasteiger partial charge in [-0.1, -0.05) is 17.7 Å². The Hall–Kier alpha value is -1.60. The van der Waals surface area contributed by atoms with Gasteiger partial charge in [-0.3, -0.25) is 4.55 Å². The summed E-state index contributed by atoms with van der Waals surface area (Å²) in [7, 11) is -4.02. The molecule has 7 heteroatoms. The highest BCUT2D eigenvalue weighted by Gasteiger charge is 2.06. The van der Waals surface area contributed by atoms with Crippen LogP contribution in [-0.2, 0) is 10.1 Å². The molecule has 0 aromatic heterocycles. The van der Waals surface area contributed by atoms with Gasteiger partial charge in [-0.05, 0) is 19.1 Å². The van der Waals surface area contributed by atoms with Gasteiger partial charge < -0.3 is 10.2 Å². The zero-order valence-corrected chi connectivity index (χ0v) is 8.60. The highest BCUT2D eigenvalue weighted by molar-refractivity contribution is 7.85. The fraction of sp³-hybridized carbons (Fsp3) is 0.125. The minimum absolute atomic E-state index is 0.0666. The number of benzene rings is 1. The molecule has 1 aromatic rings. The summed E-state index contributed by atoms with van der Waals surface area (Å²) in [6.45, 7) is 1.84. The van der Waals surface area contributed by atoms with Gasteiger partial charge in [0, 0.05) is 0 Å². The molecular formula is C8H10O6S. The van der Waals surface area contributed by atoms with Crippen molar-refractivity contribution in [2.24, 2.45) is 0 Å². The van der Waals surface area contributed by atoms with Gasteiger partial charge in [0.1, 0.15) is 0 Å². The normalized spacial score (nSPS) is 10.0. The van der Waals surface area contributed by atoms with Crippen molar-refractivity contribution in [3.8, 4) is 0 Å². The topological polar surface area (TPSA) is 112 Å². The molecular weight excluding hydrogens is 224 g/mol. The first-order chi connectivity index (χ1) is 6.73. The highest BCUT2D eigenvalue weighted by atomic mass is 32.2. The lowest BCUT2D eigenvalue weighted by Gasteiger charge is -1.95. The first-order valence-corrected chi connectivity index (χ1v) is 5.13. The summed E-state index contributed by atoms with van der Waals surface area (Å²) in [5.41, 5.74) is 0.956. The Kier molecular flexibility index (Phi) is 4.75. The molecule has 0 unspecified atom stereocenters. The van der Waals surface area contributed by atoms with E-state index in [-0.39, 0.29) is 4.90 Å². The van der Waals surface area contributed by atoms with Gasteiger partial charge >= 0.3 is 6.16 Å². The molecule has 0 aliphatic heterocycles. The molecule has 0 atom stereocenters. The van der Waals surface area contributed by atoms with Crippen LogP contribution >= 0.6 is 0 Å². The Labute approximate surface area is 86.5 Å². The third kappa shape index (κ3) is 6.47. The maximum Gasteiger partial charge on any atom is 0.503 e. The molecule has 0 fully saturated rings. The van der Waals surface area contributed by atoms with Crippen molar-refractivity contribution in [3.63, 3.8) is 0 Å². The van der Waals surface area contributed by atoms with Crippen molar-refractivity contribution < 1.29 is 28.0 Å². The molecule has 84 valence electrons. The zero-order valence-electron chi connectivity index (χ0n) is 7.78. The molecule has 0 radical (unpaired) electrons. The van der Waals surface area contributed by atoms with Crippen LogP contribution in [-0.4, -0.2) is 29.3 Å². The van der Waals surface area contributed by atoms with Gasteiger partial charge in [-0.25, -0.2) is 4.79 Å². The van der Waals surface area contributed by atoms with Gasteiger partial charge in [0.15, 0.2) is 0 Å². The lowest BCUT2D eigenvalue weighted by molar-refractivity contribution is 0.137. The Morgan fingerprint density at radius 2 is 1.47 bits per heavy atom. The van der Waals surface area contributed by atoms with Crippen LogP contribution in [0, 0.1) is 6.92 Å². The van der Waals surface area contributed by atoms with Crippen LogP contribution in [0.5, 0.6) is 0 Å². The minimum Gasteiger partial charge on any atom is -0.450 e. The second-order valence-corrected chi connectivity index (χ2v) is 3.99. The third-order valence-corrected chi connectivity index (χ3v) is 2.19. The van der Waals surface area contributed by atoms with E-state index in [4.69, 9.17) is 19.6 Å². The van der Waals surface area contributed by atoms with Crippen molar-refractivity contribution >= 4 is 16.3 Å². The molecule has 1 rings (SSSR count). The second kappa shape index (κ2) is 5.32. The van der Waals surface area contributed by atoms with Crippen LogP contribution < -0.4 is 0 Å². The largest absolute Gasteiger partial charge is 0.503 e. The number of rotatable bonds is 1. The van der Waals surface area contributed by atoms with Gasteiger partial charge in [0.05, 0.1) is 4.90 Å². The molecule has 0 aliphatic rings. The van der Waals surface area contributed by atoms with Crippen molar-refractivity contribution in [3.05, 3.63) is 29.8 Å². The first kappa shape index (κ1) is 13.4. The SMILES string of the molecule is Cc1ccc(S(=O)(=O)O)cc1.O=C(O)O. The summed E-state index contributed by atoms with van der Waals surface area (Å²) < 4.78 is 29.6. The van der Waals surface area contributed by atoms with Crippen molar-refractivity contribution in [2.75, 3.05) is 0 Å². The van der Waals surface area contributed by atoms with Crippen LogP contribution in [0.1, 0.15) is 5.56 Å². The molecule has 0 saturated carbocycles. The van der Waals surface area contributed by atoms with Crippen molar-refractivity contribution in [2.45, 2.75) is 11.8 Å². The molecule has 6 nitrogen and oxygen atoms in total. The summed E-state index contributed by atoms with van der Waals surface area (Å²) in [4.78, 5) is 8.49. The molecule has 1 aromatic carbocycles. The smallest absolute Gasteiger partial charge is 0.450 e. The monoisotopic (exact) mass is 234 g/mol. The van der Waals surface area contributed by atoms with Crippen LogP contribution in [0.4, 0.5) is 4.79 Å². The Morgan fingerprint density at radius 3 is 1.73 bits per heavy atom. The van der Waals surface area contributed by atoms with E-state index in [1.54, 1.807) is 12.1 Å². The summed E-state index contributed by atoms with van der Waals surface area (Å²) in [5, 5.41) is 13.9. The molecule has 3 N–H and O–H groups in total. The predicted molar refractivity (Wildman–Crippen MR) is 51.6 cm³/mol. The van der Waals surface area contributed by atoms with E-state index in [1.165, 1.54) is 12.1 Å². The highest BCUT2D eigenvalue weighted by Crippen LogP contribution is 2.08. The van der Waals surface area contributed by atoms with Crippen LogP contribution in [0.3, 0.4) is 0 Å². The average Bonchev–Trinajstić information content (AvgIpc) is 2.01. The molecule has 0 amide bonds. The fourth-order valence-corrected chi connectivity index (χ4v) is 1.19. The summed E-state index contributed by atoms with van der Waals surface area (Å²) in [6.07, 6.45) is -1.83. The van der Waals surface area contributed by atoms with Gasteiger partial charge in [0.2, 0.25) is 0 Å². The lowest BCUT2D eigenvalue weighted by Crippen LogP contribution is -1.96. The Balaban J connectivity index is 0.000000423. The van der Waals surface area contributed by atoms with E-state index < -0.39 is 16.3 Å². The van der Waals surface area contributed by atoms with Crippen molar-refractivity contribution in [1.29, 1.82) is 0 Å². The van der Waals surface area contributed by atoms with E-state index >= 15 is 0 Å². The van der Waals surface area contributed by atoms with E-state index in [0.29, 0.717) is 0 Å². The summed E-state index contributed by atoms with van der Waals surface area (Å²) in [5.74, 6) is 0. The number of carbonyl (C=O) groups is 1. The molecule has 0 bridgehead atoms. The molecule has 0 aliphatic carbocycles. The third-order valence-electron chi connectivity index (χ3n) is 1.32. The maximum atomic E-state index is 10.5. The molecule has 0 heterocycles. The van der Waals surface area contributed by atoms with Crippen LogP contribution in [0.25, 0.3) is 0 Å². The Bertz CT molecular complexity index is 415. The molecule has 0 saturated heterocycles. The molecule has 0 spiro atoms. The lowest BCUT2D eigenvalue weighted by atomic mass is 10.2. The predicted octanol–water partition coefficient (Wildman–Crippen LogP) is 1.46. The minimum atomic E-state index is -4.02. The second-order valence-electron chi connectivity index (χ2n) is 2.57. The van der Waals surface area contributed by atoms with E-state index in [1.807, 2.05) is 6.92 Å². The standard InChI is InChI=1S/C7H8O3S.CH2O3/c1-6-2-4-7(5-3-6)11(8,9)10;2-1(3)4/h2-5H,1H3,(H,8,9,10);(H2,2,3,4). The van der Waals surface area contributed by atoms with E-state index in [9.17, 15) is 8.42 Å². The number of hydrogen-bond acceptors (Lipinski definition) is 3.